The summed E-state index contributed by atoms with van der Waals surface area (Å²) >= 11 is 6.21. The van der Waals surface area contributed by atoms with Gasteiger partial charge in [0.2, 0.25) is 0 Å². The van der Waals surface area contributed by atoms with Gasteiger partial charge in [0.25, 0.3) is 0 Å². The van der Waals surface area contributed by atoms with Gasteiger partial charge in [-0.1, -0.05) is 13.0 Å². The molecule has 82 valence electrons. The standard InChI is InChI=1S/C13H16ClF/c1-8-3-4-10(15)7-12(8)11-5-6-13(14)9(11)2/h3-4,7,9,11,13H,5-6H2,1-2H3. The molecule has 1 aliphatic carbocycles. The molecule has 3 atom stereocenters. The number of hydrogen-bond donors (Lipinski definition) is 0. The van der Waals surface area contributed by atoms with Crippen molar-refractivity contribution >= 4 is 11.6 Å². The minimum Gasteiger partial charge on any atom is -0.207 e. The zero-order valence-corrected chi connectivity index (χ0v) is 9.89. The van der Waals surface area contributed by atoms with Crippen LogP contribution in [-0.4, -0.2) is 5.38 Å². The lowest BCUT2D eigenvalue weighted by Crippen LogP contribution is -2.10. The highest BCUT2D eigenvalue weighted by atomic mass is 35.5. The van der Waals surface area contributed by atoms with E-state index in [9.17, 15) is 4.39 Å². The third-order valence-corrected chi connectivity index (χ3v) is 4.22. The Morgan fingerprint density at radius 1 is 1.33 bits per heavy atom. The average Bonchev–Trinajstić information content (AvgIpc) is 2.52. The van der Waals surface area contributed by atoms with Crippen molar-refractivity contribution in [3.05, 3.63) is 35.1 Å². The second-order valence-corrected chi connectivity index (χ2v) is 5.12. The van der Waals surface area contributed by atoms with Gasteiger partial charge in [-0.25, -0.2) is 4.39 Å². The highest BCUT2D eigenvalue weighted by molar-refractivity contribution is 6.21. The van der Waals surface area contributed by atoms with Gasteiger partial charge in [0, 0.05) is 5.38 Å². The number of alkyl halides is 1. The van der Waals surface area contributed by atoms with Crippen LogP contribution in [0, 0.1) is 18.7 Å². The highest BCUT2D eigenvalue weighted by Crippen LogP contribution is 2.43. The molecule has 0 spiro atoms. The van der Waals surface area contributed by atoms with Crippen LogP contribution in [0.25, 0.3) is 0 Å². The fraction of sp³-hybridized carbons (Fsp3) is 0.538. The topological polar surface area (TPSA) is 0 Å². The van der Waals surface area contributed by atoms with E-state index in [-0.39, 0.29) is 11.2 Å². The van der Waals surface area contributed by atoms with E-state index in [2.05, 4.69) is 6.92 Å². The fourth-order valence-electron chi connectivity index (χ4n) is 2.57. The summed E-state index contributed by atoms with van der Waals surface area (Å²) in [6.45, 7) is 4.21. The largest absolute Gasteiger partial charge is 0.207 e. The van der Waals surface area contributed by atoms with Gasteiger partial charge in [0.05, 0.1) is 0 Å². The summed E-state index contributed by atoms with van der Waals surface area (Å²) in [5.74, 6) is 0.746. The molecule has 0 aromatic heterocycles. The predicted molar refractivity (Wildman–Crippen MR) is 61.9 cm³/mol. The van der Waals surface area contributed by atoms with E-state index < -0.39 is 0 Å². The zero-order chi connectivity index (χ0) is 11.0. The molecule has 0 aliphatic heterocycles. The number of rotatable bonds is 1. The second-order valence-electron chi connectivity index (χ2n) is 4.56. The van der Waals surface area contributed by atoms with Gasteiger partial charge in [-0.15, -0.1) is 11.6 Å². The Kier molecular flexibility index (Phi) is 3.01. The van der Waals surface area contributed by atoms with Crippen LogP contribution in [0.5, 0.6) is 0 Å². The SMILES string of the molecule is Cc1ccc(F)cc1C1CCC(Cl)C1C. The zero-order valence-electron chi connectivity index (χ0n) is 9.13. The van der Waals surface area contributed by atoms with Gasteiger partial charge in [0.15, 0.2) is 0 Å². The van der Waals surface area contributed by atoms with Crippen molar-refractivity contribution in [1.29, 1.82) is 0 Å². The number of benzene rings is 1. The van der Waals surface area contributed by atoms with Crippen LogP contribution in [0.15, 0.2) is 18.2 Å². The van der Waals surface area contributed by atoms with Gasteiger partial charge >= 0.3 is 0 Å². The lowest BCUT2D eigenvalue weighted by Gasteiger charge is -2.19. The van der Waals surface area contributed by atoms with Crippen molar-refractivity contribution < 1.29 is 4.39 Å². The molecule has 1 aliphatic rings. The lowest BCUT2D eigenvalue weighted by molar-refractivity contribution is 0.530. The number of halogens is 2. The van der Waals surface area contributed by atoms with Crippen LogP contribution < -0.4 is 0 Å². The van der Waals surface area contributed by atoms with Crippen LogP contribution in [0.4, 0.5) is 4.39 Å². The molecular formula is C13H16ClF. The van der Waals surface area contributed by atoms with Crippen molar-refractivity contribution in [3.8, 4) is 0 Å². The Labute approximate surface area is 95.4 Å². The molecule has 0 heterocycles. The van der Waals surface area contributed by atoms with E-state index in [4.69, 9.17) is 11.6 Å². The summed E-state index contributed by atoms with van der Waals surface area (Å²) in [5, 5.41) is 0.248. The van der Waals surface area contributed by atoms with Crippen molar-refractivity contribution in [2.24, 2.45) is 5.92 Å². The first-order valence-corrected chi connectivity index (χ1v) is 5.93. The predicted octanol–water partition coefficient (Wildman–Crippen LogP) is 4.26. The molecule has 0 amide bonds. The minimum atomic E-state index is -0.138. The molecule has 3 unspecified atom stereocenters. The van der Waals surface area contributed by atoms with Crippen LogP contribution in [0.1, 0.15) is 36.8 Å². The van der Waals surface area contributed by atoms with Crippen molar-refractivity contribution in [3.63, 3.8) is 0 Å². The number of hydrogen-bond acceptors (Lipinski definition) is 0. The van der Waals surface area contributed by atoms with Gasteiger partial charge in [-0.3, -0.25) is 0 Å². The smallest absolute Gasteiger partial charge is 0.123 e. The molecule has 1 saturated carbocycles. The lowest BCUT2D eigenvalue weighted by atomic mass is 9.87. The second kappa shape index (κ2) is 4.13. The van der Waals surface area contributed by atoms with Gasteiger partial charge in [-0.05, 0) is 54.9 Å². The van der Waals surface area contributed by atoms with E-state index in [1.165, 1.54) is 11.6 Å². The Hall–Kier alpha value is -0.560. The van der Waals surface area contributed by atoms with Crippen LogP contribution in [-0.2, 0) is 0 Å². The first-order valence-electron chi connectivity index (χ1n) is 5.49. The summed E-state index contributed by atoms with van der Waals surface area (Å²) in [6, 6.07) is 5.06. The monoisotopic (exact) mass is 226 g/mol. The van der Waals surface area contributed by atoms with Gasteiger partial charge in [-0.2, -0.15) is 0 Å². The van der Waals surface area contributed by atoms with Crippen LogP contribution >= 0.6 is 11.6 Å². The van der Waals surface area contributed by atoms with E-state index in [0.717, 1.165) is 18.4 Å². The Bertz CT molecular complexity index is 362. The molecule has 1 aromatic rings. The maximum absolute atomic E-state index is 13.2. The van der Waals surface area contributed by atoms with Crippen LogP contribution in [0.3, 0.4) is 0 Å². The molecule has 1 fully saturated rings. The molecule has 0 bridgehead atoms. The quantitative estimate of drug-likeness (QED) is 0.628. The molecule has 0 N–H and O–H groups in total. The number of aryl methyl sites for hydroxylation is 1. The minimum absolute atomic E-state index is 0.138. The van der Waals surface area contributed by atoms with E-state index >= 15 is 0 Å². The Morgan fingerprint density at radius 2 is 2.07 bits per heavy atom. The molecule has 0 nitrogen and oxygen atoms in total. The Balaban J connectivity index is 2.33. The maximum atomic E-state index is 13.2. The van der Waals surface area contributed by atoms with E-state index in [1.807, 2.05) is 13.0 Å². The van der Waals surface area contributed by atoms with Crippen LogP contribution in [0.2, 0.25) is 0 Å². The maximum Gasteiger partial charge on any atom is 0.123 e. The van der Waals surface area contributed by atoms with Gasteiger partial charge in [0.1, 0.15) is 5.82 Å². The first kappa shape index (κ1) is 10.9. The molecular weight excluding hydrogens is 211 g/mol. The summed E-state index contributed by atoms with van der Waals surface area (Å²) in [5.41, 5.74) is 2.32. The average molecular weight is 227 g/mol. The highest BCUT2D eigenvalue weighted by Gasteiger charge is 2.33. The molecule has 2 heteroatoms. The van der Waals surface area contributed by atoms with Crippen molar-refractivity contribution in [2.45, 2.75) is 38.0 Å². The summed E-state index contributed by atoms with van der Waals surface area (Å²) in [6.07, 6.45) is 2.13. The summed E-state index contributed by atoms with van der Waals surface area (Å²) in [7, 11) is 0. The molecule has 15 heavy (non-hydrogen) atoms. The summed E-state index contributed by atoms with van der Waals surface area (Å²) in [4.78, 5) is 0. The third-order valence-electron chi connectivity index (χ3n) is 3.60. The van der Waals surface area contributed by atoms with E-state index in [1.54, 1.807) is 6.07 Å². The molecule has 0 saturated heterocycles. The molecule has 2 rings (SSSR count). The third kappa shape index (κ3) is 2.03. The first-order chi connectivity index (χ1) is 7.09. The molecule has 0 radical (unpaired) electrons. The van der Waals surface area contributed by atoms with E-state index in [0.29, 0.717) is 11.8 Å². The fourth-order valence-corrected chi connectivity index (χ4v) is 2.87. The normalized spacial score (nSPS) is 30.8. The van der Waals surface area contributed by atoms with Crippen molar-refractivity contribution in [1.82, 2.24) is 0 Å². The summed E-state index contributed by atoms with van der Waals surface area (Å²) < 4.78 is 13.2. The van der Waals surface area contributed by atoms with Gasteiger partial charge < -0.3 is 0 Å². The molecule has 1 aromatic carbocycles. The Morgan fingerprint density at radius 3 is 2.67 bits per heavy atom. The van der Waals surface area contributed by atoms with Crippen molar-refractivity contribution in [2.75, 3.05) is 0 Å².